The molecule has 0 aliphatic heterocycles. The Labute approximate surface area is 101 Å². The molecule has 0 radical (unpaired) electrons. The summed E-state index contributed by atoms with van der Waals surface area (Å²) in [6.45, 7) is 2.36. The first-order chi connectivity index (χ1) is 8.15. The van der Waals surface area contributed by atoms with Crippen molar-refractivity contribution in [2.24, 2.45) is 5.73 Å². The first-order valence-electron chi connectivity index (χ1n) is 6.40. The first kappa shape index (κ1) is 11.2. The molecule has 1 aromatic heterocycles. The normalized spacial score (nSPS) is 24.4. The predicted molar refractivity (Wildman–Crippen MR) is 61.4 cm³/mol. The molecule has 94 valence electrons. The molecule has 2 N–H and O–H groups in total. The molecule has 0 amide bonds. The topological polar surface area (TPSA) is 74.2 Å². The molecule has 1 unspecified atom stereocenters. The van der Waals surface area contributed by atoms with Gasteiger partial charge in [0.1, 0.15) is 5.54 Å². The third-order valence-corrected chi connectivity index (χ3v) is 3.55. The molecule has 0 saturated heterocycles. The van der Waals surface area contributed by atoms with E-state index in [0.29, 0.717) is 24.5 Å². The van der Waals surface area contributed by atoms with Gasteiger partial charge in [0.2, 0.25) is 5.89 Å². The van der Waals surface area contributed by atoms with E-state index in [4.69, 9.17) is 15.0 Å². The highest BCUT2D eigenvalue weighted by Crippen LogP contribution is 2.39. The number of hydrogen-bond acceptors (Lipinski definition) is 5. The number of rotatable bonds is 5. The SMILES string of the molecule is CC(N)(COC1CCC1)c1noc(C2CC2)n1. The summed E-state index contributed by atoms with van der Waals surface area (Å²) in [6, 6.07) is 0. The Balaban J connectivity index is 1.62. The average molecular weight is 237 g/mol. The van der Waals surface area contributed by atoms with Crippen molar-refractivity contribution in [1.29, 1.82) is 0 Å². The van der Waals surface area contributed by atoms with E-state index in [1.165, 1.54) is 6.42 Å². The van der Waals surface area contributed by atoms with E-state index in [0.717, 1.165) is 31.6 Å². The van der Waals surface area contributed by atoms with Gasteiger partial charge < -0.3 is 15.0 Å². The number of hydrogen-bond donors (Lipinski definition) is 1. The third kappa shape index (κ3) is 2.35. The molecule has 2 fully saturated rings. The Morgan fingerprint density at radius 1 is 1.41 bits per heavy atom. The Hall–Kier alpha value is -0.940. The van der Waals surface area contributed by atoms with E-state index >= 15 is 0 Å². The van der Waals surface area contributed by atoms with Crippen LogP contribution in [0.1, 0.15) is 56.7 Å². The van der Waals surface area contributed by atoms with Crippen molar-refractivity contribution < 1.29 is 9.26 Å². The van der Waals surface area contributed by atoms with Crippen LogP contribution in [-0.2, 0) is 10.3 Å². The van der Waals surface area contributed by atoms with Crippen LogP contribution in [0.5, 0.6) is 0 Å². The van der Waals surface area contributed by atoms with E-state index in [9.17, 15) is 0 Å². The fraction of sp³-hybridized carbons (Fsp3) is 0.833. The molecule has 1 heterocycles. The molecule has 2 saturated carbocycles. The van der Waals surface area contributed by atoms with E-state index in [-0.39, 0.29) is 0 Å². The Kier molecular flexibility index (Phi) is 2.67. The van der Waals surface area contributed by atoms with Gasteiger partial charge in [0.15, 0.2) is 5.82 Å². The van der Waals surface area contributed by atoms with Crippen molar-refractivity contribution in [2.75, 3.05) is 6.61 Å². The van der Waals surface area contributed by atoms with E-state index < -0.39 is 5.54 Å². The zero-order valence-electron chi connectivity index (χ0n) is 10.2. The Morgan fingerprint density at radius 2 is 2.18 bits per heavy atom. The maximum Gasteiger partial charge on any atom is 0.229 e. The highest BCUT2D eigenvalue weighted by Gasteiger charge is 2.34. The van der Waals surface area contributed by atoms with E-state index in [2.05, 4.69) is 10.1 Å². The molecule has 2 aliphatic rings. The molecule has 1 atom stereocenters. The zero-order chi connectivity index (χ0) is 11.9. The van der Waals surface area contributed by atoms with Gasteiger partial charge in [-0.05, 0) is 39.0 Å². The maximum absolute atomic E-state index is 6.19. The van der Waals surface area contributed by atoms with Crippen LogP contribution in [0.25, 0.3) is 0 Å². The van der Waals surface area contributed by atoms with Crippen molar-refractivity contribution in [3.05, 3.63) is 11.7 Å². The van der Waals surface area contributed by atoms with Crippen LogP contribution in [0.4, 0.5) is 0 Å². The molecule has 1 aromatic rings. The summed E-state index contributed by atoms with van der Waals surface area (Å²) in [5.41, 5.74) is 5.54. The highest BCUT2D eigenvalue weighted by molar-refractivity contribution is 5.07. The minimum Gasteiger partial charge on any atom is -0.376 e. The van der Waals surface area contributed by atoms with Crippen molar-refractivity contribution in [3.63, 3.8) is 0 Å². The van der Waals surface area contributed by atoms with Crippen LogP contribution >= 0.6 is 0 Å². The smallest absolute Gasteiger partial charge is 0.229 e. The molecule has 5 heteroatoms. The van der Waals surface area contributed by atoms with Gasteiger partial charge in [-0.15, -0.1) is 0 Å². The lowest BCUT2D eigenvalue weighted by Gasteiger charge is -2.29. The molecule has 5 nitrogen and oxygen atoms in total. The van der Waals surface area contributed by atoms with Gasteiger partial charge in [0, 0.05) is 5.92 Å². The number of nitrogens with two attached hydrogens (primary N) is 1. The summed E-state index contributed by atoms with van der Waals surface area (Å²) in [4.78, 5) is 4.38. The average Bonchev–Trinajstić information content (AvgIpc) is 2.93. The standard InChI is InChI=1S/C12H19N3O2/c1-12(13,7-16-9-3-2-4-9)11-14-10(17-15-11)8-5-6-8/h8-9H,2-7,13H2,1H3. The minimum absolute atomic E-state index is 0.382. The zero-order valence-corrected chi connectivity index (χ0v) is 10.2. The van der Waals surface area contributed by atoms with Crippen LogP contribution < -0.4 is 5.73 Å². The summed E-state index contributed by atoms with van der Waals surface area (Å²) in [6.07, 6.45) is 6.25. The van der Waals surface area contributed by atoms with Crippen molar-refractivity contribution in [2.45, 2.75) is 56.6 Å². The fourth-order valence-electron chi connectivity index (χ4n) is 1.86. The molecule has 0 aromatic carbocycles. The Bertz CT molecular complexity index is 394. The van der Waals surface area contributed by atoms with Gasteiger partial charge >= 0.3 is 0 Å². The lowest BCUT2D eigenvalue weighted by atomic mass is 9.95. The van der Waals surface area contributed by atoms with Crippen LogP contribution in [-0.4, -0.2) is 22.9 Å². The predicted octanol–water partition coefficient (Wildman–Crippen LogP) is 1.69. The van der Waals surface area contributed by atoms with Crippen LogP contribution in [0, 0.1) is 0 Å². The van der Waals surface area contributed by atoms with Crippen LogP contribution in [0.15, 0.2) is 4.52 Å². The van der Waals surface area contributed by atoms with Crippen LogP contribution in [0.2, 0.25) is 0 Å². The second-order valence-electron chi connectivity index (χ2n) is 5.51. The molecule has 0 bridgehead atoms. The summed E-state index contributed by atoms with van der Waals surface area (Å²) in [5.74, 6) is 1.78. The second-order valence-corrected chi connectivity index (χ2v) is 5.51. The monoisotopic (exact) mass is 237 g/mol. The third-order valence-electron chi connectivity index (χ3n) is 3.55. The first-order valence-corrected chi connectivity index (χ1v) is 6.40. The van der Waals surface area contributed by atoms with Gasteiger partial charge in [-0.3, -0.25) is 0 Å². The summed E-state index contributed by atoms with van der Waals surface area (Å²) < 4.78 is 11.0. The molecule has 2 aliphatic carbocycles. The number of aromatic nitrogens is 2. The summed E-state index contributed by atoms with van der Waals surface area (Å²) in [7, 11) is 0. The van der Waals surface area contributed by atoms with Gasteiger partial charge in [0.05, 0.1) is 12.7 Å². The number of nitrogens with zero attached hydrogens (tertiary/aromatic N) is 2. The summed E-state index contributed by atoms with van der Waals surface area (Å²) in [5, 5.41) is 3.98. The van der Waals surface area contributed by atoms with Crippen molar-refractivity contribution in [3.8, 4) is 0 Å². The van der Waals surface area contributed by atoms with Crippen molar-refractivity contribution >= 4 is 0 Å². The highest BCUT2D eigenvalue weighted by atomic mass is 16.5. The lowest BCUT2D eigenvalue weighted by molar-refractivity contribution is -0.0222. The van der Waals surface area contributed by atoms with Crippen molar-refractivity contribution in [1.82, 2.24) is 10.1 Å². The maximum atomic E-state index is 6.19. The molecular formula is C12H19N3O2. The van der Waals surface area contributed by atoms with Crippen LogP contribution in [0.3, 0.4) is 0 Å². The number of ether oxygens (including phenoxy) is 1. The molecule has 17 heavy (non-hydrogen) atoms. The largest absolute Gasteiger partial charge is 0.376 e. The Morgan fingerprint density at radius 3 is 2.76 bits per heavy atom. The minimum atomic E-state index is -0.647. The second kappa shape index (κ2) is 4.07. The molecule has 0 spiro atoms. The van der Waals surface area contributed by atoms with Gasteiger partial charge in [0.25, 0.3) is 0 Å². The quantitative estimate of drug-likeness (QED) is 0.843. The van der Waals surface area contributed by atoms with Gasteiger partial charge in [-0.25, -0.2) is 0 Å². The summed E-state index contributed by atoms with van der Waals surface area (Å²) >= 11 is 0. The van der Waals surface area contributed by atoms with Gasteiger partial charge in [-0.2, -0.15) is 4.98 Å². The lowest BCUT2D eigenvalue weighted by Crippen LogP contribution is -2.41. The fourth-order valence-corrected chi connectivity index (χ4v) is 1.86. The van der Waals surface area contributed by atoms with E-state index in [1.807, 2.05) is 6.92 Å². The molecule has 3 rings (SSSR count). The van der Waals surface area contributed by atoms with Gasteiger partial charge in [-0.1, -0.05) is 5.16 Å². The molecular weight excluding hydrogens is 218 g/mol. The van der Waals surface area contributed by atoms with E-state index in [1.54, 1.807) is 0 Å².